The lowest BCUT2D eigenvalue weighted by atomic mass is 10.2. The fourth-order valence-corrected chi connectivity index (χ4v) is 2.60. The average Bonchev–Trinajstić information content (AvgIpc) is 2.78. The molecule has 0 bridgehead atoms. The van der Waals surface area contributed by atoms with Crippen molar-refractivity contribution < 1.29 is 14.3 Å². The molecule has 0 spiro atoms. The van der Waals surface area contributed by atoms with E-state index in [1.807, 2.05) is 61.5 Å². The SMILES string of the molecule is CCCOc1ccc(C(=O)N/N=C\c2ccccc2OCc2ccccc2)cc1. The molecule has 5 nitrogen and oxygen atoms in total. The van der Waals surface area contributed by atoms with Gasteiger partial charge in [-0.3, -0.25) is 4.79 Å². The van der Waals surface area contributed by atoms with Crippen LogP contribution in [0.4, 0.5) is 0 Å². The molecule has 148 valence electrons. The number of amides is 1. The summed E-state index contributed by atoms with van der Waals surface area (Å²) in [6, 6.07) is 24.5. The first-order valence-corrected chi connectivity index (χ1v) is 9.58. The minimum absolute atomic E-state index is 0.286. The lowest BCUT2D eigenvalue weighted by Gasteiger charge is -2.09. The standard InChI is InChI=1S/C24H24N2O3/c1-2-16-28-22-14-12-20(13-15-22)24(27)26-25-17-21-10-6-7-11-23(21)29-18-19-8-4-3-5-9-19/h3-15,17H,2,16,18H2,1H3,(H,26,27)/b25-17-. The molecule has 0 aliphatic carbocycles. The molecule has 0 aliphatic rings. The fourth-order valence-electron chi connectivity index (χ4n) is 2.60. The molecule has 5 heteroatoms. The highest BCUT2D eigenvalue weighted by molar-refractivity contribution is 5.95. The van der Waals surface area contributed by atoms with Gasteiger partial charge in [-0.15, -0.1) is 0 Å². The lowest BCUT2D eigenvalue weighted by Crippen LogP contribution is -2.17. The molecule has 1 amide bonds. The topological polar surface area (TPSA) is 59.9 Å². The Kier molecular flexibility index (Phi) is 7.41. The molecule has 0 aliphatic heterocycles. The largest absolute Gasteiger partial charge is 0.494 e. The number of hydrogen-bond donors (Lipinski definition) is 1. The van der Waals surface area contributed by atoms with E-state index >= 15 is 0 Å². The number of nitrogens with one attached hydrogen (secondary N) is 1. The Labute approximate surface area is 171 Å². The quantitative estimate of drug-likeness (QED) is 0.422. The number of benzene rings is 3. The molecular weight excluding hydrogens is 364 g/mol. The number of nitrogens with zero attached hydrogens (tertiary/aromatic N) is 1. The normalized spacial score (nSPS) is 10.7. The predicted molar refractivity (Wildman–Crippen MR) is 115 cm³/mol. The van der Waals surface area contributed by atoms with Crippen LogP contribution < -0.4 is 14.9 Å². The molecule has 3 rings (SSSR count). The first-order valence-electron chi connectivity index (χ1n) is 9.58. The Hall–Kier alpha value is -3.60. The number of para-hydroxylation sites is 1. The first-order chi connectivity index (χ1) is 14.3. The van der Waals surface area contributed by atoms with Crippen LogP contribution in [-0.4, -0.2) is 18.7 Å². The molecule has 0 heterocycles. The summed E-state index contributed by atoms with van der Waals surface area (Å²) in [4.78, 5) is 12.3. The van der Waals surface area contributed by atoms with E-state index < -0.39 is 0 Å². The highest BCUT2D eigenvalue weighted by Gasteiger charge is 2.05. The van der Waals surface area contributed by atoms with E-state index in [9.17, 15) is 4.79 Å². The van der Waals surface area contributed by atoms with Crippen molar-refractivity contribution in [3.05, 3.63) is 95.6 Å². The molecule has 0 unspecified atom stereocenters. The van der Waals surface area contributed by atoms with Gasteiger partial charge in [-0.25, -0.2) is 5.43 Å². The third-order valence-electron chi connectivity index (χ3n) is 4.12. The maximum absolute atomic E-state index is 12.3. The van der Waals surface area contributed by atoms with Crippen molar-refractivity contribution in [3.8, 4) is 11.5 Å². The summed E-state index contributed by atoms with van der Waals surface area (Å²) in [5.74, 6) is 1.16. The van der Waals surface area contributed by atoms with Gasteiger partial charge in [0.15, 0.2) is 0 Å². The molecule has 0 atom stereocenters. The number of ether oxygens (including phenoxy) is 2. The van der Waals surface area contributed by atoms with Crippen LogP contribution in [0.25, 0.3) is 0 Å². The van der Waals surface area contributed by atoms with Crippen molar-refractivity contribution >= 4 is 12.1 Å². The Bertz CT molecular complexity index is 938. The van der Waals surface area contributed by atoms with Crippen LogP contribution in [0, 0.1) is 0 Å². The number of rotatable bonds is 9. The fraction of sp³-hybridized carbons (Fsp3) is 0.167. The molecule has 0 saturated heterocycles. The molecule has 3 aromatic rings. The molecule has 0 radical (unpaired) electrons. The maximum Gasteiger partial charge on any atom is 0.271 e. The van der Waals surface area contributed by atoms with Gasteiger partial charge in [-0.05, 0) is 48.4 Å². The van der Waals surface area contributed by atoms with Gasteiger partial charge in [0.05, 0.1) is 12.8 Å². The van der Waals surface area contributed by atoms with Gasteiger partial charge in [-0.2, -0.15) is 5.10 Å². The van der Waals surface area contributed by atoms with Crippen LogP contribution in [0.5, 0.6) is 11.5 Å². The van der Waals surface area contributed by atoms with E-state index in [0.717, 1.165) is 23.3 Å². The Morgan fingerprint density at radius 3 is 2.41 bits per heavy atom. The molecule has 29 heavy (non-hydrogen) atoms. The average molecular weight is 388 g/mol. The number of hydrogen-bond acceptors (Lipinski definition) is 4. The zero-order valence-corrected chi connectivity index (χ0v) is 16.4. The van der Waals surface area contributed by atoms with E-state index in [4.69, 9.17) is 9.47 Å². The summed E-state index contributed by atoms with van der Waals surface area (Å²) in [6.45, 7) is 3.16. The highest BCUT2D eigenvalue weighted by atomic mass is 16.5. The van der Waals surface area contributed by atoms with Crippen LogP contribution >= 0.6 is 0 Å². The zero-order chi connectivity index (χ0) is 20.3. The molecule has 0 saturated carbocycles. The predicted octanol–water partition coefficient (Wildman–Crippen LogP) is 4.82. The van der Waals surface area contributed by atoms with Crippen molar-refractivity contribution in [2.75, 3.05) is 6.61 Å². The minimum atomic E-state index is -0.286. The molecule has 3 aromatic carbocycles. The Balaban J connectivity index is 1.57. The lowest BCUT2D eigenvalue weighted by molar-refractivity contribution is 0.0955. The molecule has 1 N–H and O–H groups in total. The number of carbonyl (C=O) groups excluding carboxylic acids is 1. The molecular formula is C24H24N2O3. The van der Waals surface area contributed by atoms with Gasteiger partial charge in [0.1, 0.15) is 18.1 Å². The number of carbonyl (C=O) groups is 1. The summed E-state index contributed by atoms with van der Waals surface area (Å²) in [6.07, 6.45) is 2.52. The van der Waals surface area contributed by atoms with Gasteiger partial charge in [0, 0.05) is 11.1 Å². The van der Waals surface area contributed by atoms with E-state index in [1.165, 1.54) is 0 Å². The third kappa shape index (κ3) is 6.21. The maximum atomic E-state index is 12.3. The van der Waals surface area contributed by atoms with Crippen molar-refractivity contribution in [2.24, 2.45) is 5.10 Å². The van der Waals surface area contributed by atoms with Gasteiger partial charge >= 0.3 is 0 Å². The monoisotopic (exact) mass is 388 g/mol. The zero-order valence-electron chi connectivity index (χ0n) is 16.4. The summed E-state index contributed by atoms with van der Waals surface area (Å²) in [7, 11) is 0. The van der Waals surface area contributed by atoms with Gasteiger partial charge < -0.3 is 9.47 Å². The smallest absolute Gasteiger partial charge is 0.271 e. The van der Waals surface area contributed by atoms with E-state index in [-0.39, 0.29) is 5.91 Å². The second kappa shape index (κ2) is 10.7. The molecule has 0 fully saturated rings. The van der Waals surface area contributed by atoms with Crippen LogP contribution in [0.1, 0.15) is 34.8 Å². The summed E-state index contributed by atoms with van der Waals surface area (Å²) < 4.78 is 11.4. The van der Waals surface area contributed by atoms with Crippen molar-refractivity contribution in [2.45, 2.75) is 20.0 Å². The Morgan fingerprint density at radius 1 is 0.931 bits per heavy atom. The first kappa shape index (κ1) is 20.1. The van der Waals surface area contributed by atoms with Crippen molar-refractivity contribution in [1.82, 2.24) is 5.43 Å². The molecule has 0 aromatic heterocycles. The van der Waals surface area contributed by atoms with Crippen LogP contribution in [0.2, 0.25) is 0 Å². The van der Waals surface area contributed by atoms with Gasteiger partial charge in [-0.1, -0.05) is 49.4 Å². The van der Waals surface area contributed by atoms with E-state index in [2.05, 4.69) is 10.5 Å². The van der Waals surface area contributed by atoms with Gasteiger partial charge in [0.2, 0.25) is 0 Å². The van der Waals surface area contributed by atoms with Gasteiger partial charge in [0.25, 0.3) is 5.91 Å². The van der Waals surface area contributed by atoms with Crippen molar-refractivity contribution in [3.63, 3.8) is 0 Å². The highest BCUT2D eigenvalue weighted by Crippen LogP contribution is 2.17. The van der Waals surface area contributed by atoms with Crippen LogP contribution in [0.3, 0.4) is 0 Å². The van der Waals surface area contributed by atoms with Crippen molar-refractivity contribution in [1.29, 1.82) is 0 Å². The second-order valence-electron chi connectivity index (χ2n) is 6.38. The Morgan fingerprint density at radius 2 is 1.66 bits per heavy atom. The third-order valence-corrected chi connectivity index (χ3v) is 4.12. The summed E-state index contributed by atoms with van der Waals surface area (Å²) >= 11 is 0. The van der Waals surface area contributed by atoms with E-state index in [0.29, 0.717) is 24.5 Å². The summed E-state index contributed by atoms with van der Waals surface area (Å²) in [5.41, 5.74) is 4.93. The van der Waals surface area contributed by atoms with Crippen LogP contribution in [0.15, 0.2) is 84.0 Å². The van der Waals surface area contributed by atoms with Crippen LogP contribution in [-0.2, 0) is 6.61 Å². The van der Waals surface area contributed by atoms with E-state index in [1.54, 1.807) is 30.5 Å². The second-order valence-corrected chi connectivity index (χ2v) is 6.38. The summed E-state index contributed by atoms with van der Waals surface area (Å²) in [5, 5.41) is 4.07. The number of hydrazone groups is 1. The minimum Gasteiger partial charge on any atom is -0.494 e.